The molecule has 0 spiro atoms. The van der Waals surface area contributed by atoms with Gasteiger partial charge in [0.25, 0.3) is 0 Å². The molecule has 2 nitrogen and oxygen atoms in total. The molecular formula is C11H16INO. The second-order valence-electron chi connectivity index (χ2n) is 4.27. The van der Waals surface area contributed by atoms with Crippen molar-refractivity contribution in [3.8, 4) is 0 Å². The van der Waals surface area contributed by atoms with Gasteiger partial charge in [0.15, 0.2) is 0 Å². The number of carbonyl (C=O) groups excluding carboxylic acids is 1. The van der Waals surface area contributed by atoms with Gasteiger partial charge in [0.1, 0.15) is 0 Å². The topological polar surface area (TPSA) is 29.1 Å². The average Bonchev–Trinajstić information content (AvgIpc) is 2.07. The van der Waals surface area contributed by atoms with E-state index in [9.17, 15) is 4.79 Å². The Labute approximate surface area is 98.7 Å². The third-order valence-corrected chi connectivity index (χ3v) is 3.89. The number of rotatable bonds is 0. The van der Waals surface area contributed by atoms with Gasteiger partial charge >= 0.3 is 0 Å². The van der Waals surface area contributed by atoms with E-state index in [1.165, 1.54) is 32.1 Å². The number of nitrogens with one attached hydrogen (secondary N) is 1. The molecule has 1 aliphatic carbocycles. The molecule has 0 aromatic carbocycles. The minimum Gasteiger partial charge on any atom is -0.321 e. The molecule has 0 aromatic heterocycles. The van der Waals surface area contributed by atoms with Crippen LogP contribution in [0.2, 0.25) is 0 Å². The van der Waals surface area contributed by atoms with Crippen LogP contribution in [-0.4, -0.2) is 5.91 Å². The van der Waals surface area contributed by atoms with Crippen LogP contribution in [0.1, 0.15) is 38.5 Å². The number of allylic oxidation sites excluding steroid dienone is 1. The lowest BCUT2D eigenvalue weighted by atomic mass is 9.80. The van der Waals surface area contributed by atoms with Gasteiger partial charge in [0, 0.05) is 5.92 Å². The summed E-state index contributed by atoms with van der Waals surface area (Å²) in [4.78, 5) is 11.7. The van der Waals surface area contributed by atoms with Gasteiger partial charge in [0.05, 0.1) is 3.70 Å². The molecule has 1 N–H and O–H groups in total. The average molecular weight is 305 g/mol. The molecule has 1 amide bonds. The summed E-state index contributed by atoms with van der Waals surface area (Å²) in [5.41, 5.74) is 0. The van der Waals surface area contributed by atoms with Crippen LogP contribution in [0.25, 0.3) is 0 Å². The Morgan fingerprint density at radius 1 is 1.21 bits per heavy atom. The van der Waals surface area contributed by atoms with Gasteiger partial charge in [-0.3, -0.25) is 4.79 Å². The van der Waals surface area contributed by atoms with Crippen LogP contribution in [0.4, 0.5) is 0 Å². The van der Waals surface area contributed by atoms with Gasteiger partial charge < -0.3 is 5.32 Å². The van der Waals surface area contributed by atoms with Gasteiger partial charge in [-0.15, -0.1) is 0 Å². The highest BCUT2D eigenvalue weighted by atomic mass is 127. The molecule has 0 aromatic rings. The summed E-state index contributed by atoms with van der Waals surface area (Å²) >= 11 is 2.21. The van der Waals surface area contributed by atoms with E-state index >= 15 is 0 Å². The molecular weight excluding hydrogens is 289 g/mol. The first-order chi connectivity index (χ1) is 6.77. The zero-order chi connectivity index (χ0) is 9.97. The van der Waals surface area contributed by atoms with Gasteiger partial charge in [-0.2, -0.15) is 0 Å². The number of hydrogen-bond donors (Lipinski definition) is 1. The fourth-order valence-electron chi connectivity index (χ4n) is 2.48. The second kappa shape index (κ2) is 4.64. The SMILES string of the molecule is O=C1NC(I)=CC2CCCCCCC12. The van der Waals surface area contributed by atoms with E-state index in [0.29, 0.717) is 5.92 Å². The Bertz CT molecular complexity index is 262. The lowest BCUT2D eigenvalue weighted by molar-refractivity contribution is -0.126. The van der Waals surface area contributed by atoms with Crippen LogP contribution in [0.5, 0.6) is 0 Å². The fraction of sp³-hybridized carbons (Fsp3) is 0.727. The summed E-state index contributed by atoms with van der Waals surface area (Å²) in [5.74, 6) is 1.02. The summed E-state index contributed by atoms with van der Waals surface area (Å²) in [6.07, 6.45) is 9.68. The standard InChI is InChI=1S/C11H16INO/c12-10-7-8-5-3-1-2-4-6-9(8)11(14)13-10/h7-9H,1-6H2,(H,13,14). The third-order valence-electron chi connectivity index (χ3n) is 3.26. The molecule has 2 aliphatic rings. The molecule has 2 atom stereocenters. The predicted octanol–water partition coefficient (Wildman–Crippen LogP) is 2.98. The molecule has 78 valence electrons. The minimum atomic E-state index is 0.254. The van der Waals surface area contributed by atoms with Crippen molar-refractivity contribution in [3.63, 3.8) is 0 Å². The van der Waals surface area contributed by atoms with E-state index in [1.807, 2.05) is 0 Å². The van der Waals surface area contributed by atoms with Gasteiger partial charge in [-0.25, -0.2) is 0 Å². The highest BCUT2D eigenvalue weighted by molar-refractivity contribution is 14.1. The summed E-state index contributed by atoms with van der Waals surface area (Å²) in [7, 11) is 0. The van der Waals surface area contributed by atoms with Crippen molar-refractivity contribution < 1.29 is 4.79 Å². The molecule has 1 fully saturated rings. The van der Waals surface area contributed by atoms with Crippen LogP contribution in [0.15, 0.2) is 9.78 Å². The molecule has 1 heterocycles. The van der Waals surface area contributed by atoms with Gasteiger partial charge in [0.2, 0.25) is 5.91 Å². The smallest absolute Gasteiger partial charge is 0.228 e. The van der Waals surface area contributed by atoms with E-state index in [4.69, 9.17) is 0 Å². The zero-order valence-electron chi connectivity index (χ0n) is 8.26. The number of fused-ring (bicyclic) bond motifs is 1. The van der Waals surface area contributed by atoms with E-state index in [1.54, 1.807) is 0 Å². The second-order valence-corrected chi connectivity index (χ2v) is 5.43. The van der Waals surface area contributed by atoms with Crippen LogP contribution >= 0.6 is 22.6 Å². The van der Waals surface area contributed by atoms with Crippen LogP contribution in [0, 0.1) is 11.8 Å². The maximum absolute atomic E-state index is 11.7. The maximum Gasteiger partial charge on any atom is 0.228 e. The van der Waals surface area contributed by atoms with E-state index in [0.717, 1.165) is 10.1 Å². The quantitative estimate of drug-likeness (QED) is 0.541. The Morgan fingerprint density at radius 3 is 2.71 bits per heavy atom. The fourth-order valence-corrected chi connectivity index (χ4v) is 3.21. The summed E-state index contributed by atoms with van der Waals surface area (Å²) < 4.78 is 1.02. The monoisotopic (exact) mass is 305 g/mol. The van der Waals surface area contributed by atoms with Crippen molar-refractivity contribution in [1.29, 1.82) is 0 Å². The lowest BCUT2D eigenvalue weighted by Gasteiger charge is -2.30. The van der Waals surface area contributed by atoms with Crippen LogP contribution in [-0.2, 0) is 4.79 Å². The van der Waals surface area contributed by atoms with Crippen molar-refractivity contribution in [2.45, 2.75) is 38.5 Å². The van der Waals surface area contributed by atoms with E-state index in [2.05, 4.69) is 34.0 Å². The van der Waals surface area contributed by atoms with E-state index < -0.39 is 0 Å². The first-order valence-electron chi connectivity index (χ1n) is 5.45. The summed E-state index contributed by atoms with van der Waals surface area (Å²) in [6.45, 7) is 0. The Morgan fingerprint density at radius 2 is 1.93 bits per heavy atom. The largest absolute Gasteiger partial charge is 0.321 e. The summed E-state index contributed by atoms with van der Waals surface area (Å²) in [6, 6.07) is 0. The number of halogens is 1. The summed E-state index contributed by atoms with van der Waals surface area (Å²) in [5, 5.41) is 2.94. The van der Waals surface area contributed by atoms with Crippen molar-refractivity contribution in [1.82, 2.24) is 5.32 Å². The normalized spacial score (nSPS) is 33.5. The number of carbonyl (C=O) groups is 1. The molecule has 14 heavy (non-hydrogen) atoms. The zero-order valence-corrected chi connectivity index (χ0v) is 10.4. The van der Waals surface area contributed by atoms with Gasteiger partial charge in [-0.1, -0.05) is 31.8 Å². The highest BCUT2D eigenvalue weighted by Gasteiger charge is 2.31. The highest BCUT2D eigenvalue weighted by Crippen LogP contribution is 2.33. The molecule has 2 rings (SSSR count). The Kier molecular flexibility index (Phi) is 3.47. The first-order valence-corrected chi connectivity index (χ1v) is 6.53. The molecule has 1 aliphatic heterocycles. The van der Waals surface area contributed by atoms with E-state index in [-0.39, 0.29) is 11.8 Å². The maximum atomic E-state index is 11.7. The molecule has 0 bridgehead atoms. The predicted molar refractivity (Wildman–Crippen MR) is 64.9 cm³/mol. The molecule has 2 unspecified atom stereocenters. The van der Waals surface area contributed by atoms with Crippen LogP contribution < -0.4 is 5.32 Å². The Hall–Kier alpha value is -0.0600. The van der Waals surface area contributed by atoms with Crippen molar-refractivity contribution in [3.05, 3.63) is 9.78 Å². The van der Waals surface area contributed by atoms with Crippen molar-refractivity contribution in [2.24, 2.45) is 11.8 Å². The molecule has 1 saturated carbocycles. The van der Waals surface area contributed by atoms with Crippen molar-refractivity contribution >= 4 is 28.5 Å². The molecule has 3 heteroatoms. The minimum absolute atomic E-state index is 0.254. The first kappa shape index (κ1) is 10.5. The van der Waals surface area contributed by atoms with Crippen LogP contribution in [0.3, 0.4) is 0 Å². The number of amides is 1. The molecule has 0 radical (unpaired) electrons. The number of hydrogen-bond acceptors (Lipinski definition) is 1. The third kappa shape index (κ3) is 2.30. The lowest BCUT2D eigenvalue weighted by Crippen LogP contribution is -2.37. The van der Waals surface area contributed by atoms with Gasteiger partial charge in [-0.05, 0) is 41.4 Å². The molecule has 0 saturated heterocycles. The Balaban J connectivity index is 2.13. The van der Waals surface area contributed by atoms with Crippen molar-refractivity contribution in [2.75, 3.05) is 0 Å².